The lowest BCUT2D eigenvalue weighted by atomic mass is 9.94. The molecule has 4 rings (SSSR count). The number of piperidine rings is 1. The summed E-state index contributed by atoms with van der Waals surface area (Å²) in [7, 11) is 0. The van der Waals surface area contributed by atoms with Gasteiger partial charge in [0.05, 0.1) is 0 Å². The minimum Gasteiger partial charge on any atom is -0.479 e. The number of fused-ring (bicyclic) bond motifs is 1. The highest BCUT2D eigenvalue weighted by Crippen LogP contribution is 2.23. The van der Waals surface area contributed by atoms with Gasteiger partial charge in [-0.15, -0.1) is 0 Å². The van der Waals surface area contributed by atoms with Crippen LogP contribution in [0.3, 0.4) is 0 Å². The number of carboxylic acids is 1. The Hall–Kier alpha value is -4.34. The van der Waals surface area contributed by atoms with Gasteiger partial charge in [0.15, 0.2) is 6.04 Å². The summed E-state index contributed by atoms with van der Waals surface area (Å²) in [6.07, 6.45) is 2.18. The summed E-state index contributed by atoms with van der Waals surface area (Å²) in [6, 6.07) is 14.3. The van der Waals surface area contributed by atoms with E-state index in [1.54, 1.807) is 56.0 Å². The highest BCUT2D eigenvalue weighted by Gasteiger charge is 2.34. The van der Waals surface area contributed by atoms with E-state index in [4.69, 9.17) is 4.74 Å². The Balaban J connectivity index is 1.42. The van der Waals surface area contributed by atoms with Crippen LogP contribution in [0.4, 0.5) is 4.79 Å². The molecule has 1 aliphatic rings. The molecule has 0 aliphatic carbocycles. The van der Waals surface area contributed by atoms with Crippen LogP contribution in [0.25, 0.3) is 10.9 Å². The quantitative estimate of drug-likeness (QED) is 0.338. The highest BCUT2D eigenvalue weighted by molar-refractivity contribution is 5.89. The van der Waals surface area contributed by atoms with Gasteiger partial charge in [-0.05, 0) is 50.8 Å². The average molecular weight is 549 g/mol. The fourth-order valence-electron chi connectivity index (χ4n) is 4.95. The van der Waals surface area contributed by atoms with Gasteiger partial charge in [0.2, 0.25) is 11.8 Å². The molecule has 10 heteroatoms. The minimum atomic E-state index is -1.15. The van der Waals surface area contributed by atoms with Crippen molar-refractivity contribution in [2.24, 2.45) is 5.92 Å². The summed E-state index contributed by atoms with van der Waals surface area (Å²) in [5.41, 5.74) is 1.59. The van der Waals surface area contributed by atoms with Crippen LogP contribution in [0.15, 0.2) is 60.8 Å². The molecule has 2 unspecified atom stereocenters. The molecular formula is C30H36N4O6. The van der Waals surface area contributed by atoms with Crippen LogP contribution < -0.4 is 10.6 Å². The molecule has 0 spiro atoms. The lowest BCUT2D eigenvalue weighted by Crippen LogP contribution is -2.53. The normalized spacial score (nSPS) is 15.7. The second-order valence-corrected chi connectivity index (χ2v) is 11.1. The zero-order valence-corrected chi connectivity index (χ0v) is 23.0. The number of carbonyl (C=O) groups excluding carboxylic acids is 3. The number of aromatic amines is 1. The van der Waals surface area contributed by atoms with E-state index in [1.165, 1.54) is 0 Å². The third-order valence-electron chi connectivity index (χ3n) is 6.93. The standard InChI is InChI=1S/C30H36N4O6/c1-30(2,3)40-29(39)32-24(17-21-18-31-23-12-8-7-11-22(21)23)27(36)34-15-13-20(14-16-34)26(35)33-25(28(37)38)19-9-5-4-6-10-19/h4-12,18,20,24-25,31H,13-17H2,1-3H3,(H,32,39)(H,33,35)(H,37,38). The molecule has 3 aromatic rings. The fraction of sp³-hybridized carbons (Fsp3) is 0.400. The number of alkyl carbamates (subject to hydrolysis) is 1. The number of nitrogens with zero attached hydrogens (tertiary/aromatic N) is 1. The molecule has 1 fully saturated rings. The number of benzene rings is 2. The van der Waals surface area contributed by atoms with E-state index in [0.717, 1.165) is 16.5 Å². The second kappa shape index (κ2) is 12.2. The molecule has 10 nitrogen and oxygen atoms in total. The van der Waals surface area contributed by atoms with E-state index in [-0.39, 0.29) is 18.2 Å². The van der Waals surface area contributed by atoms with Crippen LogP contribution in [0.2, 0.25) is 0 Å². The number of nitrogens with one attached hydrogen (secondary N) is 3. The summed E-state index contributed by atoms with van der Waals surface area (Å²) in [4.78, 5) is 55.9. The Morgan fingerprint density at radius 2 is 1.65 bits per heavy atom. The number of carbonyl (C=O) groups is 4. The molecule has 1 aliphatic heterocycles. The molecule has 3 amide bonds. The molecule has 1 saturated heterocycles. The first-order valence-corrected chi connectivity index (χ1v) is 13.4. The van der Waals surface area contributed by atoms with Crippen molar-refractivity contribution in [3.8, 4) is 0 Å². The number of para-hydroxylation sites is 1. The molecule has 0 bridgehead atoms. The van der Waals surface area contributed by atoms with Gasteiger partial charge in [-0.2, -0.15) is 0 Å². The number of likely N-dealkylation sites (tertiary alicyclic amines) is 1. The Labute approximate surface area is 233 Å². The van der Waals surface area contributed by atoms with Crippen molar-refractivity contribution in [1.29, 1.82) is 0 Å². The summed E-state index contributed by atoms with van der Waals surface area (Å²) in [6.45, 7) is 5.88. The van der Waals surface area contributed by atoms with E-state index < -0.39 is 35.7 Å². The largest absolute Gasteiger partial charge is 0.479 e. The first-order chi connectivity index (χ1) is 19.0. The van der Waals surface area contributed by atoms with Gasteiger partial charge in [0, 0.05) is 42.5 Å². The van der Waals surface area contributed by atoms with E-state index in [9.17, 15) is 24.3 Å². The van der Waals surface area contributed by atoms with Crippen LogP contribution in [-0.4, -0.2) is 63.6 Å². The fourth-order valence-corrected chi connectivity index (χ4v) is 4.95. The predicted molar refractivity (Wildman–Crippen MR) is 149 cm³/mol. The van der Waals surface area contributed by atoms with Gasteiger partial charge in [-0.25, -0.2) is 9.59 Å². The SMILES string of the molecule is CC(C)(C)OC(=O)NC(Cc1c[nH]c2ccccc12)C(=O)N1CCC(C(=O)NC(C(=O)O)c2ccccc2)CC1. The van der Waals surface area contributed by atoms with E-state index in [0.29, 0.717) is 31.5 Å². The number of aromatic nitrogens is 1. The monoisotopic (exact) mass is 548 g/mol. The van der Waals surface area contributed by atoms with Crippen LogP contribution in [-0.2, 0) is 25.5 Å². The van der Waals surface area contributed by atoms with Crippen LogP contribution >= 0.6 is 0 Å². The minimum absolute atomic E-state index is 0.261. The van der Waals surface area contributed by atoms with E-state index in [1.807, 2.05) is 30.5 Å². The lowest BCUT2D eigenvalue weighted by molar-refractivity contribution is -0.143. The molecule has 0 radical (unpaired) electrons. The van der Waals surface area contributed by atoms with Crippen molar-refractivity contribution in [2.75, 3.05) is 13.1 Å². The average Bonchev–Trinajstić information content (AvgIpc) is 3.33. The number of amides is 3. The third-order valence-corrected chi connectivity index (χ3v) is 6.93. The number of ether oxygens (including phenoxy) is 1. The van der Waals surface area contributed by atoms with E-state index >= 15 is 0 Å². The zero-order chi connectivity index (χ0) is 28.9. The molecule has 2 atom stereocenters. The van der Waals surface area contributed by atoms with Crippen molar-refractivity contribution in [1.82, 2.24) is 20.5 Å². The third kappa shape index (κ3) is 7.19. The molecular weight excluding hydrogens is 512 g/mol. The number of hydrogen-bond acceptors (Lipinski definition) is 5. The zero-order valence-electron chi connectivity index (χ0n) is 23.0. The number of H-pyrrole nitrogens is 1. The van der Waals surface area contributed by atoms with Crippen LogP contribution in [0, 0.1) is 5.92 Å². The van der Waals surface area contributed by atoms with Crippen molar-refractivity contribution >= 4 is 34.8 Å². The summed E-state index contributed by atoms with van der Waals surface area (Å²) in [5.74, 6) is -2.19. The smallest absolute Gasteiger partial charge is 0.408 e. The number of rotatable bonds is 8. The summed E-state index contributed by atoms with van der Waals surface area (Å²) in [5, 5.41) is 16.0. The van der Waals surface area contributed by atoms with Crippen molar-refractivity contribution in [3.05, 3.63) is 71.9 Å². The maximum absolute atomic E-state index is 13.7. The molecule has 212 valence electrons. The van der Waals surface area contributed by atoms with Crippen molar-refractivity contribution in [2.45, 2.75) is 57.7 Å². The maximum Gasteiger partial charge on any atom is 0.408 e. The number of aliphatic carboxylic acids is 1. The Kier molecular flexibility index (Phi) is 8.77. The first-order valence-electron chi connectivity index (χ1n) is 13.4. The summed E-state index contributed by atoms with van der Waals surface area (Å²) >= 11 is 0. The number of hydrogen-bond donors (Lipinski definition) is 4. The van der Waals surface area contributed by atoms with Crippen molar-refractivity contribution in [3.63, 3.8) is 0 Å². The van der Waals surface area contributed by atoms with Gasteiger partial charge >= 0.3 is 12.1 Å². The number of carboxylic acid groups (broad SMARTS) is 1. The lowest BCUT2D eigenvalue weighted by Gasteiger charge is -2.34. The predicted octanol–water partition coefficient (Wildman–Crippen LogP) is 3.78. The van der Waals surface area contributed by atoms with Gasteiger partial charge in [-0.1, -0.05) is 48.5 Å². The van der Waals surface area contributed by atoms with Crippen molar-refractivity contribution < 1.29 is 29.0 Å². The van der Waals surface area contributed by atoms with Crippen LogP contribution in [0.5, 0.6) is 0 Å². The molecule has 2 aromatic carbocycles. The maximum atomic E-state index is 13.7. The topological polar surface area (TPSA) is 141 Å². The Bertz CT molecular complexity index is 1360. The van der Waals surface area contributed by atoms with Gasteiger partial charge in [-0.3, -0.25) is 9.59 Å². The molecule has 4 N–H and O–H groups in total. The summed E-state index contributed by atoms with van der Waals surface area (Å²) < 4.78 is 5.42. The Morgan fingerprint density at radius 3 is 2.30 bits per heavy atom. The molecule has 1 aromatic heterocycles. The molecule has 40 heavy (non-hydrogen) atoms. The first kappa shape index (κ1) is 28.7. The van der Waals surface area contributed by atoms with E-state index in [2.05, 4.69) is 15.6 Å². The molecule has 2 heterocycles. The van der Waals surface area contributed by atoms with Gasteiger partial charge in [0.1, 0.15) is 11.6 Å². The van der Waals surface area contributed by atoms with Crippen LogP contribution in [0.1, 0.15) is 50.8 Å². The second-order valence-electron chi connectivity index (χ2n) is 11.1. The van der Waals surface area contributed by atoms with Gasteiger partial charge < -0.3 is 30.4 Å². The highest BCUT2D eigenvalue weighted by atomic mass is 16.6. The molecule has 0 saturated carbocycles. The Morgan fingerprint density at radius 1 is 1.00 bits per heavy atom. The van der Waals surface area contributed by atoms with Gasteiger partial charge in [0.25, 0.3) is 0 Å².